The average molecular weight is 527 g/mol. The minimum atomic E-state index is 0. The Morgan fingerprint density at radius 3 is 1.30 bits per heavy atom. The zero-order valence-electron chi connectivity index (χ0n) is 17.7. The molecule has 5 aromatic carbocycles. The van der Waals surface area contributed by atoms with Gasteiger partial charge in [0.2, 0.25) is 0 Å². The monoisotopic (exact) mass is 525 g/mol. The van der Waals surface area contributed by atoms with Crippen molar-refractivity contribution in [2.75, 3.05) is 0 Å². The van der Waals surface area contributed by atoms with Crippen LogP contribution in [0.1, 0.15) is 0 Å². The molecule has 0 fully saturated rings. The van der Waals surface area contributed by atoms with Gasteiger partial charge in [0.1, 0.15) is 0 Å². The van der Waals surface area contributed by atoms with Gasteiger partial charge >= 0.3 is 18.6 Å². The van der Waals surface area contributed by atoms with Crippen molar-refractivity contribution in [2.45, 2.75) is 0 Å². The van der Waals surface area contributed by atoms with E-state index in [0.29, 0.717) is 0 Å². The molecule has 0 aliphatic rings. The number of halogens is 3. The average Bonchev–Trinajstić information content (AvgIpc) is 3.22. The smallest absolute Gasteiger partial charge is 1.00 e. The Hall–Kier alpha value is -2.32. The molecular formula is C29H21Cl3V. The van der Waals surface area contributed by atoms with Gasteiger partial charge in [-0.1, -0.05) is 148 Å². The van der Waals surface area contributed by atoms with Gasteiger partial charge in [-0.25, -0.2) is 0 Å². The van der Waals surface area contributed by atoms with Gasteiger partial charge in [0, 0.05) is 0 Å². The summed E-state index contributed by atoms with van der Waals surface area (Å²) in [7, 11) is 0. The summed E-state index contributed by atoms with van der Waals surface area (Å²) in [6.45, 7) is 0. The summed E-state index contributed by atoms with van der Waals surface area (Å²) < 4.78 is 0. The van der Waals surface area contributed by atoms with Crippen LogP contribution in [0.3, 0.4) is 0 Å². The minimum Gasteiger partial charge on any atom is -1.00 e. The molecule has 0 spiro atoms. The Morgan fingerprint density at radius 2 is 0.818 bits per heavy atom. The van der Waals surface area contributed by atoms with Gasteiger partial charge in [-0.05, 0) is 0 Å². The predicted octanol–water partition coefficient (Wildman–Crippen LogP) is -0.917. The Balaban J connectivity index is 0.00000136. The number of hydrogen-bond donors (Lipinski definition) is 0. The quantitative estimate of drug-likeness (QED) is 0.266. The van der Waals surface area contributed by atoms with Crippen molar-refractivity contribution < 1.29 is 55.8 Å². The van der Waals surface area contributed by atoms with Crippen molar-refractivity contribution in [3.8, 4) is 44.5 Å². The van der Waals surface area contributed by atoms with E-state index in [1.165, 1.54) is 44.5 Å². The molecule has 0 aliphatic heterocycles. The van der Waals surface area contributed by atoms with Crippen LogP contribution in [0.4, 0.5) is 0 Å². The third kappa shape index (κ3) is 5.98. The number of benzene rings is 4. The molecule has 0 aromatic heterocycles. The summed E-state index contributed by atoms with van der Waals surface area (Å²) in [6, 6.07) is 45.2. The molecule has 0 unspecified atom stereocenters. The second-order valence-electron chi connectivity index (χ2n) is 7.19. The molecular weight excluding hydrogens is 506 g/mol. The van der Waals surface area contributed by atoms with Crippen LogP contribution in [-0.2, 0) is 18.6 Å². The maximum Gasteiger partial charge on any atom is 4.00 e. The molecule has 0 amide bonds. The third-order valence-electron chi connectivity index (χ3n) is 5.37. The first-order chi connectivity index (χ1) is 14.4. The zero-order chi connectivity index (χ0) is 19.5. The Bertz CT molecular complexity index is 1120. The van der Waals surface area contributed by atoms with E-state index in [-0.39, 0.29) is 55.8 Å². The van der Waals surface area contributed by atoms with Crippen molar-refractivity contribution in [1.29, 1.82) is 0 Å². The second kappa shape index (κ2) is 13.4. The number of rotatable bonds is 4. The van der Waals surface area contributed by atoms with Crippen molar-refractivity contribution in [2.24, 2.45) is 0 Å². The van der Waals surface area contributed by atoms with Crippen LogP contribution in [0.15, 0.2) is 127 Å². The zero-order valence-corrected chi connectivity index (χ0v) is 21.4. The fourth-order valence-electron chi connectivity index (χ4n) is 4.06. The molecule has 0 bridgehead atoms. The SMILES string of the molecule is [Cl-].[Cl-].[Cl-].[V+4].c1ccc(-c2c[c-](-c3ccccc3)c(-c3ccccc3)c2-c2ccccc2)cc1. The van der Waals surface area contributed by atoms with E-state index in [2.05, 4.69) is 127 Å². The van der Waals surface area contributed by atoms with E-state index < -0.39 is 0 Å². The molecule has 0 saturated carbocycles. The summed E-state index contributed by atoms with van der Waals surface area (Å²) in [5.41, 5.74) is 10.1. The molecule has 4 heteroatoms. The van der Waals surface area contributed by atoms with E-state index in [4.69, 9.17) is 0 Å². The van der Waals surface area contributed by atoms with Gasteiger partial charge in [-0.3, -0.25) is 0 Å². The third-order valence-corrected chi connectivity index (χ3v) is 5.37. The molecule has 0 nitrogen and oxygen atoms in total. The van der Waals surface area contributed by atoms with E-state index >= 15 is 0 Å². The number of hydrogen-bond acceptors (Lipinski definition) is 0. The summed E-state index contributed by atoms with van der Waals surface area (Å²) in [5, 5.41) is 0. The first-order valence-corrected chi connectivity index (χ1v) is 9.97. The summed E-state index contributed by atoms with van der Waals surface area (Å²) in [4.78, 5) is 0. The Labute approximate surface area is 226 Å². The van der Waals surface area contributed by atoms with E-state index in [9.17, 15) is 0 Å². The second-order valence-corrected chi connectivity index (χ2v) is 7.19. The first kappa shape index (κ1) is 28.7. The van der Waals surface area contributed by atoms with Crippen LogP contribution in [0.25, 0.3) is 44.5 Å². The minimum absolute atomic E-state index is 0. The van der Waals surface area contributed by atoms with Crippen molar-refractivity contribution in [3.05, 3.63) is 127 Å². The van der Waals surface area contributed by atoms with Crippen LogP contribution >= 0.6 is 0 Å². The molecule has 0 atom stereocenters. The van der Waals surface area contributed by atoms with Crippen molar-refractivity contribution in [3.63, 3.8) is 0 Å². The van der Waals surface area contributed by atoms with Gasteiger partial charge in [-0.2, -0.15) is 0 Å². The topological polar surface area (TPSA) is 0 Å². The van der Waals surface area contributed by atoms with Crippen LogP contribution in [0, 0.1) is 0 Å². The first-order valence-electron chi connectivity index (χ1n) is 9.97. The predicted molar refractivity (Wildman–Crippen MR) is 124 cm³/mol. The molecule has 0 N–H and O–H groups in total. The molecule has 1 radical (unpaired) electrons. The van der Waals surface area contributed by atoms with Crippen LogP contribution in [0.5, 0.6) is 0 Å². The normalized spacial score (nSPS) is 9.45. The standard InChI is InChI=1S/C29H21.3ClH.V/c1-5-13-22(14-6-1)26-21-27(23-15-7-2-8-16-23)29(25-19-11-4-12-20-25)28(26)24-17-9-3-10-18-24;;;;/h1-21H;3*1H;/q-1;;;;+4/p-3. The van der Waals surface area contributed by atoms with Gasteiger partial charge in [0.25, 0.3) is 0 Å². The van der Waals surface area contributed by atoms with Gasteiger partial charge in [0.05, 0.1) is 0 Å². The molecule has 0 saturated heterocycles. The van der Waals surface area contributed by atoms with Gasteiger partial charge < -0.3 is 37.2 Å². The van der Waals surface area contributed by atoms with Crippen LogP contribution in [-0.4, -0.2) is 0 Å². The Morgan fingerprint density at radius 1 is 0.424 bits per heavy atom. The van der Waals surface area contributed by atoms with Gasteiger partial charge in [0.15, 0.2) is 0 Å². The van der Waals surface area contributed by atoms with Crippen LogP contribution in [0.2, 0.25) is 0 Å². The Kier molecular flexibility index (Phi) is 11.7. The molecule has 5 aromatic rings. The summed E-state index contributed by atoms with van der Waals surface area (Å²) in [6.07, 6.45) is 0. The molecule has 0 heterocycles. The summed E-state index contributed by atoms with van der Waals surface area (Å²) in [5.74, 6) is 0. The van der Waals surface area contributed by atoms with E-state index in [1.807, 2.05) is 0 Å². The largest absolute Gasteiger partial charge is 4.00 e. The van der Waals surface area contributed by atoms with Crippen molar-refractivity contribution >= 4 is 0 Å². The van der Waals surface area contributed by atoms with E-state index in [0.717, 1.165) is 0 Å². The maximum atomic E-state index is 2.36. The molecule has 163 valence electrons. The summed E-state index contributed by atoms with van der Waals surface area (Å²) >= 11 is 0. The fourth-order valence-corrected chi connectivity index (χ4v) is 4.06. The van der Waals surface area contributed by atoms with Crippen LogP contribution < -0.4 is 37.2 Å². The maximum absolute atomic E-state index is 2.36. The molecule has 5 rings (SSSR count). The fraction of sp³-hybridized carbons (Fsp3) is 0. The van der Waals surface area contributed by atoms with Crippen molar-refractivity contribution in [1.82, 2.24) is 0 Å². The molecule has 0 aliphatic carbocycles. The van der Waals surface area contributed by atoms with Gasteiger partial charge in [-0.15, -0.1) is 23.8 Å². The molecule has 33 heavy (non-hydrogen) atoms. The van der Waals surface area contributed by atoms with E-state index in [1.54, 1.807) is 0 Å².